The third-order valence-corrected chi connectivity index (χ3v) is 2.77. The van der Waals surface area contributed by atoms with E-state index in [1.807, 2.05) is 0 Å². The van der Waals surface area contributed by atoms with Crippen molar-refractivity contribution in [3.8, 4) is 11.3 Å². The second kappa shape index (κ2) is 4.77. The van der Waals surface area contributed by atoms with E-state index in [0.29, 0.717) is 5.56 Å². The topological polar surface area (TPSA) is 68.9 Å². The second-order valence-corrected chi connectivity index (χ2v) is 4.39. The first kappa shape index (κ1) is 11.9. The van der Waals surface area contributed by atoms with Crippen LogP contribution in [-0.2, 0) is 0 Å². The van der Waals surface area contributed by atoms with E-state index >= 15 is 0 Å². The highest BCUT2D eigenvalue weighted by molar-refractivity contribution is 9.10. The molecule has 0 atom stereocenters. The molecule has 0 aliphatic heterocycles. The summed E-state index contributed by atoms with van der Waals surface area (Å²) in [6, 6.07) is 6.98. The molecule has 0 amide bonds. The van der Waals surface area contributed by atoms with Crippen LogP contribution in [0, 0.1) is 10.1 Å². The molecule has 1 aromatic carbocycles. The van der Waals surface area contributed by atoms with Gasteiger partial charge in [0.25, 0.3) is 0 Å². The van der Waals surface area contributed by atoms with Crippen molar-refractivity contribution in [3.63, 3.8) is 0 Å². The van der Waals surface area contributed by atoms with Gasteiger partial charge >= 0.3 is 5.69 Å². The van der Waals surface area contributed by atoms with Crippen molar-refractivity contribution in [3.05, 3.63) is 50.3 Å². The Morgan fingerprint density at radius 2 is 1.94 bits per heavy atom. The third kappa shape index (κ3) is 2.59. The largest absolute Gasteiger partial charge is 0.313 e. The zero-order valence-electron chi connectivity index (χ0n) is 8.30. The van der Waals surface area contributed by atoms with Gasteiger partial charge in [0.1, 0.15) is 6.20 Å². The molecule has 2 aromatic rings. The number of benzene rings is 1. The maximum Gasteiger partial charge on any atom is 0.313 e. The van der Waals surface area contributed by atoms with E-state index in [4.69, 9.17) is 11.6 Å². The highest BCUT2D eigenvalue weighted by atomic mass is 79.9. The van der Waals surface area contributed by atoms with Crippen LogP contribution >= 0.6 is 27.5 Å². The molecule has 0 N–H and O–H groups in total. The fourth-order valence-electron chi connectivity index (χ4n) is 1.31. The lowest BCUT2D eigenvalue weighted by Gasteiger charge is -2.02. The highest BCUT2D eigenvalue weighted by Gasteiger charge is 2.18. The molecule has 0 aliphatic carbocycles. The van der Waals surface area contributed by atoms with Crippen LogP contribution in [0.25, 0.3) is 11.3 Å². The van der Waals surface area contributed by atoms with Crippen molar-refractivity contribution in [2.24, 2.45) is 0 Å². The maximum atomic E-state index is 10.8. The van der Waals surface area contributed by atoms with Crippen LogP contribution in [0.3, 0.4) is 0 Å². The molecule has 0 unspecified atom stereocenters. The summed E-state index contributed by atoms with van der Waals surface area (Å²) in [4.78, 5) is 17.8. The summed E-state index contributed by atoms with van der Waals surface area (Å²) >= 11 is 8.94. The van der Waals surface area contributed by atoms with Crippen LogP contribution < -0.4 is 0 Å². The lowest BCUT2D eigenvalue weighted by molar-refractivity contribution is -0.384. The zero-order chi connectivity index (χ0) is 12.4. The smallest absolute Gasteiger partial charge is 0.258 e. The molecule has 7 heteroatoms. The average molecular weight is 315 g/mol. The van der Waals surface area contributed by atoms with Gasteiger partial charge in [0.2, 0.25) is 5.28 Å². The van der Waals surface area contributed by atoms with Crippen molar-refractivity contribution < 1.29 is 4.92 Å². The number of hydrogen-bond donors (Lipinski definition) is 0. The van der Waals surface area contributed by atoms with Crippen LogP contribution in [0.2, 0.25) is 5.28 Å². The Balaban J connectivity index is 2.60. The van der Waals surface area contributed by atoms with E-state index in [-0.39, 0.29) is 16.7 Å². The van der Waals surface area contributed by atoms with Gasteiger partial charge in [0.05, 0.1) is 4.92 Å². The van der Waals surface area contributed by atoms with Crippen molar-refractivity contribution in [2.75, 3.05) is 0 Å². The van der Waals surface area contributed by atoms with Gasteiger partial charge in [-0.2, -0.15) is 0 Å². The van der Waals surface area contributed by atoms with E-state index < -0.39 is 4.92 Å². The molecule has 1 aromatic heterocycles. The predicted molar refractivity (Wildman–Crippen MR) is 66.8 cm³/mol. The minimum atomic E-state index is -0.534. The predicted octanol–water partition coefficient (Wildman–Crippen LogP) is 3.47. The molecule has 0 bridgehead atoms. The SMILES string of the molecule is O=[N+]([O-])c1cnc(Cl)nc1-c1ccc(Br)cc1. The number of nitrogens with zero attached hydrogens (tertiary/aromatic N) is 3. The lowest BCUT2D eigenvalue weighted by atomic mass is 10.1. The molecule has 0 spiro atoms. The fourth-order valence-corrected chi connectivity index (χ4v) is 1.71. The van der Waals surface area contributed by atoms with Gasteiger partial charge in [0.15, 0.2) is 5.69 Å². The fraction of sp³-hybridized carbons (Fsp3) is 0. The van der Waals surface area contributed by atoms with Crippen molar-refractivity contribution >= 4 is 33.2 Å². The molecule has 17 heavy (non-hydrogen) atoms. The third-order valence-electron chi connectivity index (χ3n) is 2.05. The van der Waals surface area contributed by atoms with E-state index in [9.17, 15) is 10.1 Å². The zero-order valence-corrected chi connectivity index (χ0v) is 10.6. The Hall–Kier alpha value is -1.53. The number of aromatic nitrogens is 2. The van der Waals surface area contributed by atoms with E-state index in [0.717, 1.165) is 10.7 Å². The Labute approximate surface area is 110 Å². The van der Waals surface area contributed by atoms with Gasteiger partial charge in [-0.05, 0) is 23.7 Å². The monoisotopic (exact) mass is 313 g/mol. The number of nitro groups is 1. The maximum absolute atomic E-state index is 10.8. The summed E-state index contributed by atoms with van der Waals surface area (Å²) in [5.74, 6) is 0. The molecule has 5 nitrogen and oxygen atoms in total. The van der Waals surface area contributed by atoms with E-state index in [1.165, 1.54) is 0 Å². The summed E-state index contributed by atoms with van der Waals surface area (Å²) in [5.41, 5.74) is 0.656. The molecule has 0 saturated carbocycles. The number of hydrogen-bond acceptors (Lipinski definition) is 4. The van der Waals surface area contributed by atoms with Crippen molar-refractivity contribution in [1.29, 1.82) is 0 Å². The Kier molecular flexibility index (Phi) is 3.35. The summed E-state index contributed by atoms with van der Waals surface area (Å²) in [7, 11) is 0. The normalized spacial score (nSPS) is 10.2. The quantitative estimate of drug-likeness (QED) is 0.483. The van der Waals surface area contributed by atoms with Gasteiger partial charge in [-0.1, -0.05) is 28.1 Å². The van der Waals surface area contributed by atoms with Crippen molar-refractivity contribution in [2.45, 2.75) is 0 Å². The van der Waals surface area contributed by atoms with Gasteiger partial charge in [-0.15, -0.1) is 0 Å². The van der Waals surface area contributed by atoms with Gasteiger partial charge in [-0.25, -0.2) is 9.97 Å². The van der Waals surface area contributed by atoms with Crippen LogP contribution in [-0.4, -0.2) is 14.9 Å². The molecular formula is C10H5BrClN3O2. The van der Waals surface area contributed by atoms with Crippen LogP contribution in [0.15, 0.2) is 34.9 Å². The van der Waals surface area contributed by atoms with Crippen molar-refractivity contribution in [1.82, 2.24) is 9.97 Å². The molecular weight excluding hydrogens is 309 g/mol. The van der Waals surface area contributed by atoms with E-state index in [1.54, 1.807) is 24.3 Å². The van der Waals surface area contributed by atoms with Gasteiger partial charge in [0, 0.05) is 10.0 Å². The summed E-state index contributed by atoms with van der Waals surface area (Å²) in [6.07, 6.45) is 1.10. The summed E-state index contributed by atoms with van der Waals surface area (Å²) < 4.78 is 0.879. The average Bonchev–Trinajstić information content (AvgIpc) is 2.29. The standard InChI is InChI=1S/C10H5BrClN3O2/c11-7-3-1-6(2-4-7)9-8(15(16)17)5-13-10(12)14-9/h1-5H. The van der Waals surface area contributed by atoms with Gasteiger partial charge < -0.3 is 0 Å². The minimum absolute atomic E-state index is 0.0199. The second-order valence-electron chi connectivity index (χ2n) is 3.14. The summed E-state index contributed by atoms with van der Waals surface area (Å²) in [5, 5.41) is 10.8. The Morgan fingerprint density at radius 3 is 2.53 bits per heavy atom. The Bertz CT molecular complexity index is 574. The Morgan fingerprint density at radius 1 is 1.29 bits per heavy atom. The first-order chi connectivity index (χ1) is 8.08. The van der Waals surface area contributed by atoms with E-state index in [2.05, 4.69) is 25.9 Å². The molecule has 0 aliphatic rings. The highest BCUT2D eigenvalue weighted by Crippen LogP contribution is 2.28. The molecule has 1 heterocycles. The lowest BCUT2D eigenvalue weighted by Crippen LogP contribution is -1.96. The first-order valence-electron chi connectivity index (χ1n) is 4.51. The molecule has 0 radical (unpaired) electrons. The number of halogens is 2. The molecule has 0 fully saturated rings. The van der Waals surface area contributed by atoms with Crippen LogP contribution in [0.1, 0.15) is 0 Å². The minimum Gasteiger partial charge on any atom is -0.258 e. The number of rotatable bonds is 2. The molecule has 2 rings (SSSR count). The molecule has 0 saturated heterocycles. The first-order valence-corrected chi connectivity index (χ1v) is 5.68. The van der Waals surface area contributed by atoms with Crippen LogP contribution in [0.5, 0.6) is 0 Å². The van der Waals surface area contributed by atoms with Crippen LogP contribution in [0.4, 0.5) is 5.69 Å². The summed E-state index contributed by atoms with van der Waals surface area (Å²) in [6.45, 7) is 0. The van der Waals surface area contributed by atoms with Gasteiger partial charge in [-0.3, -0.25) is 10.1 Å². The molecule has 86 valence electrons.